The number of rotatable bonds is 17. The number of β-amino-alcohol motifs (C(OH)–C–C–N with tert-alkyl or cyclic N) is 1. The van der Waals surface area contributed by atoms with Crippen LogP contribution in [0.4, 0.5) is 28.9 Å². The second kappa shape index (κ2) is 22.0. The molecule has 2 fully saturated rings. The molecule has 384 valence electrons. The lowest BCUT2D eigenvalue weighted by molar-refractivity contribution is -0.144. The number of amides is 4. The summed E-state index contributed by atoms with van der Waals surface area (Å²) in [4.78, 5) is 71.7. The lowest BCUT2D eigenvalue weighted by Crippen LogP contribution is -2.58. The van der Waals surface area contributed by atoms with Crippen LogP contribution in [0.15, 0.2) is 78.6 Å². The first-order chi connectivity index (χ1) is 34.5. The standard InChI is InChI=1S/C51H53F4N9O7S2/c1-29-43(73-28-60-29)31-11-9-30(10-12-31)23-59-45(67)38-21-35(65)26-62(38)46(68)44(49(2,3)4)61-39(66)27-70-19-7-8-20-71-40-18-14-33(24-58-40)36-16-15-34(25-57-36)64-48(72)63(47(69)50(64,5)6)37-17-13-32(22-56)41(42(37)52)51(53,54)55/h9-18,24-25,28,35,38,44,65H,7-8,19-21,23,26-27H2,1-6H3,(H,59,67)(H,61,66)/t35-,38+,44-/m1/s1. The third-order valence-electron chi connectivity index (χ3n) is 12.4. The van der Waals surface area contributed by atoms with Crippen molar-refractivity contribution in [3.8, 4) is 33.6 Å². The lowest BCUT2D eigenvalue weighted by atomic mass is 9.85. The van der Waals surface area contributed by atoms with Crippen LogP contribution >= 0.6 is 23.6 Å². The van der Waals surface area contributed by atoms with Crippen molar-refractivity contribution in [2.24, 2.45) is 5.41 Å². The Hall–Kier alpha value is -6.93. The van der Waals surface area contributed by atoms with Crippen molar-refractivity contribution in [3.05, 3.63) is 107 Å². The number of alkyl halides is 3. The molecule has 3 atom stereocenters. The maximum atomic E-state index is 15.4. The molecule has 2 aliphatic heterocycles. The minimum atomic E-state index is -5.20. The maximum Gasteiger partial charge on any atom is 0.420 e. The quantitative estimate of drug-likeness (QED) is 0.0470. The number of ether oxygens (including phenoxy) is 2. The number of halogens is 4. The van der Waals surface area contributed by atoms with E-state index in [1.807, 2.05) is 31.2 Å². The van der Waals surface area contributed by atoms with Crippen molar-refractivity contribution < 1.29 is 51.3 Å². The fourth-order valence-corrected chi connectivity index (χ4v) is 9.81. The minimum Gasteiger partial charge on any atom is -0.478 e. The highest BCUT2D eigenvalue weighted by atomic mass is 32.1. The lowest BCUT2D eigenvalue weighted by Gasteiger charge is -2.35. The van der Waals surface area contributed by atoms with Crippen molar-refractivity contribution in [2.45, 2.75) is 97.3 Å². The molecule has 4 amide bonds. The van der Waals surface area contributed by atoms with E-state index in [9.17, 15) is 42.7 Å². The smallest absolute Gasteiger partial charge is 0.420 e. The molecule has 5 aromatic rings. The second-order valence-electron chi connectivity index (χ2n) is 19.1. The van der Waals surface area contributed by atoms with Crippen LogP contribution in [0, 0.1) is 29.5 Å². The number of anilines is 2. The van der Waals surface area contributed by atoms with E-state index in [0.717, 1.165) is 33.8 Å². The van der Waals surface area contributed by atoms with Gasteiger partial charge in [0.05, 0.1) is 63.7 Å². The molecule has 0 radical (unpaired) electrons. The van der Waals surface area contributed by atoms with Gasteiger partial charge in [-0.3, -0.25) is 29.1 Å². The molecule has 3 N–H and O–H groups in total. The highest BCUT2D eigenvalue weighted by Crippen LogP contribution is 2.42. The summed E-state index contributed by atoms with van der Waals surface area (Å²) < 4.78 is 68.2. The van der Waals surface area contributed by atoms with Gasteiger partial charge in [0.2, 0.25) is 23.6 Å². The summed E-state index contributed by atoms with van der Waals surface area (Å²) in [5.74, 6) is -3.64. The van der Waals surface area contributed by atoms with Gasteiger partial charge in [-0.25, -0.2) is 14.4 Å². The number of aromatic nitrogens is 3. The fourth-order valence-electron chi connectivity index (χ4n) is 8.49. The highest BCUT2D eigenvalue weighted by Gasteiger charge is 2.52. The summed E-state index contributed by atoms with van der Waals surface area (Å²) in [6.45, 7) is 10.7. The van der Waals surface area contributed by atoms with Gasteiger partial charge in [0.15, 0.2) is 10.9 Å². The molecule has 2 saturated heterocycles. The summed E-state index contributed by atoms with van der Waals surface area (Å²) in [5, 5.41) is 25.2. The molecular weight excluding hydrogens is 991 g/mol. The Labute approximate surface area is 428 Å². The molecule has 3 aromatic heterocycles. The van der Waals surface area contributed by atoms with Crippen molar-refractivity contribution in [1.29, 1.82) is 5.26 Å². The number of thiocarbonyl (C=S) groups is 1. The molecular formula is C51H53F4N9O7S2. The molecule has 0 aliphatic carbocycles. The van der Waals surface area contributed by atoms with Crippen LogP contribution in [0.5, 0.6) is 5.88 Å². The van der Waals surface area contributed by atoms with Crippen LogP contribution in [0.3, 0.4) is 0 Å². The van der Waals surface area contributed by atoms with E-state index >= 15 is 4.39 Å². The van der Waals surface area contributed by atoms with E-state index in [0.29, 0.717) is 40.6 Å². The number of carbonyl (C=O) groups excluding carboxylic acids is 4. The van der Waals surface area contributed by atoms with Gasteiger partial charge >= 0.3 is 6.18 Å². The number of hydrogen-bond acceptors (Lipinski definition) is 13. The maximum absolute atomic E-state index is 15.4. The van der Waals surface area contributed by atoms with Gasteiger partial charge in [0.1, 0.15) is 29.8 Å². The van der Waals surface area contributed by atoms with Gasteiger partial charge in [-0.15, -0.1) is 11.3 Å². The molecule has 16 nitrogen and oxygen atoms in total. The monoisotopic (exact) mass is 1040 g/mol. The number of pyridine rings is 2. The first kappa shape index (κ1) is 53.9. The van der Waals surface area contributed by atoms with Crippen molar-refractivity contribution in [3.63, 3.8) is 0 Å². The number of hydrogen-bond donors (Lipinski definition) is 3. The van der Waals surface area contributed by atoms with Gasteiger partial charge in [-0.05, 0) is 92.7 Å². The van der Waals surface area contributed by atoms with Gasteiger partial charge in [-0.1, -0.05) is 45.0 Å². The average molecular weight is 1040 g/mol. The minimum absolute atomic E-state index is 0.0512. The first-order valence-corrected chi connectivity index (χ1v) is 24.5. The zero-order chi connectivity index (χ0) is 53.0. The van der Waals surface area contributed by atoms with E-state index in [2.05, 4.69) is 25.6 Å². The van der Waals surface area contributed by atoms with Crippen molar-refractivity contribution >= 4 is 63.7 Å². The molecule has 7 rings (SSSR count). The number of unbranched alkanes of at least 4 members (excludes halogenated alkanes) is 1. The number of likely N-dealkylation sites (tertiary alicyclic amines) is 1. The van der Waals surface area contributed by atoms with Crippen LogP contribution in [0.25, 0.3) is 21.7 Å². The van der Waals surface area contributed by atoms with E-state index in [4.69, 9.17) is 21.7 Å². The van der Waals surface area contributed by atoms with Crippen LogP contribution in [-0.2, 0) is 36.6 Å². The molecule has 0 spiro atoms. The SMILES string of the molecule is Cc1ncsc1-c1ccc(CNC(=O)[C@@H]2C[C@@H](O)CN2C(=O)[C@@H](NC(=O)COCCCCOc2ccc(-c3ccc(N4C(=S)N(c5ccc(C#N)c(C(F)(F)F)c5F)C(=O)C4(C)C)cn3)cn2)C(C)(C)C)cc1. The zero-order valence-electron chi connectivity index (χ0n) is 40.8. The summed E-state index contributed by atoms with van der Waals surface area (Å²) in [7, 11) is 0. The molecule has 0 unspecified atom stereocenters. The number of nitrogens with zero attached hydrogens (tertiary/aromatic N) is 7. The Morgan fingerprint density at radius 3 is 2.32 bits per heavy atom. The molecule has 73 heavy (non-hydrogen) atoms. The number of thiazole rings is 1. The number of aliphatic hydroxyl groups excluding tert-OH is 1. The van der Waals surface area contributed by atoms with Gasteiger partial charge < -0.3 is 35.0 Å². The molecule has 2 aliphatic rings. The summed E-state index contributed by atoms with van der Waals surface area (Å²) in [6, 6.07) is 15.5. The largest absolute Gasteiger partial charge is 0.478 e. The third-order valence-corrected chi connectivity index (χ3v) is 13.7. The number of aryl methyl sites for hydroxylation is 1. The Kier molecular flexibility index (Phi) is 16.3. The number of benzene rings is 2. The fraction of sp³-hybridized carbons (Fsp3) is 0.392. The van der Waals surface area contributed by atoms with Crippen molar-refractivity contribution in [2.75, 3.05) is 36.2 Å². The summed E-state index contributed by atoms with van der Waals surface area (Å²) >= 11 is 7.08. The molecule has 0 bridgehead atoms. The van der Waals surface area contributed by atoms with Gasteiger partial charge in [0.25, 0.3) is 5.91 Å². The van der Waals surface area contributed by atoms with E-state index in [1.54, 1.807) is 68.1 Å². The van der Waals surface area contributed by atoms with Crippen molar-refractivity contribution in [1.82, 2.24) is 30.5 Å². The third kappa shape index (κ3) is 12.0. The Morgan fingerprint density at radius 1 is 0.986 bits per heavy atom. The molecule has 0 saturated carbocycles. The normalized spacial score (nSPS) is 17.2. The molecule has 5 heterocycles. The van der Waals surface area contributed by atoms with Crippen LogP contribution in [0.1, 0.15) is 76.3 Å². The molecule has 22 heteroatoms. The number of carbonyl (C=O) groups is 4. The summed E-state index contributed by atoms with van der Waals surface area (Å²) in [5.41, 5.74) is 0.390. The zero-order valence-corrected chi connectivity index (χ0v) is 42.4. The predicted octanol–water partition coefficient (Wildman–Crippen LogP) is 7.51. The van der Waals surface area contributed by atoms with Crippen LogP contribution in [-0.4, -0.2) is 104 Å². The van der Waals surface area contributed by atoms with E-state index in [-0.39, 0.29) is 44.4 Å². The highest BCUT2D eigenvalue weighted by molar-refractivity contribution is 7.81. The summed E-state index contributed by atoms with van der Waals surface area (Å²) in [6.07, 6.45) is -1.98. The Bertz CT molecular complexity index is 2910. The van der Waals surface area contributed by atoms with Gasteiger partial charge in [0, 0.05) is 43.9 Å². The second-order valence-corrected chi connectivity index (χ2v) is 20.3. The number of aliphatic hydroxyl groups is 1. The van der Waals surface area contributed by atoms with Crippen LogP contribution in [0.2, 0.25) is 0 Å². The van der Waals surface area contributed by atoms with Crippen LogP contribution < -0.4 is 25.2 Å². The number of nitrogens with one attached hydrogen (secondary N) is 2. The first-order valence-electron chi connectivity index (χ1n) is 23.2. The van der Waals surface area contributed by atoms with E-state index < -0.39 is 81.6 Å². The van der Waals surface area contributed by atoms with E-state index in [1.165, 1.54) is 35.9 Å². The topological polar surface area (TPSA) is 203 Å². The average Bonchev–Trinajstić information content (AvgIpc) is 4.01. The molecule has 2 aromatic carbocycles. The van der Waals surface area contributed by atoms with Gasteiger partial charge in [-0.2, -0.15) is 18.4 Å². The number of nitriles is 1. The Balaban J connectivity index is 0.847. The predicted molar refractivity (Wildman–Crippen MR) is 267 cm³/mol. The Morgan fingerprint density at radius 2 is 1.70 bits per heavy atom.